The lowest BCUT2D eigenvalue weighted by atomic mass is 10.1. The Morgan fingerprint density at radius 3 is 2.93 bits per heavy atom. The number of carbonyl (C=O) groups is 1. The molecule has 0 fully saturated rings. The third kappa shape index (κ3) is 1.78. The number of aromatic amines is 1. The van der Waals surface area contributed by atoms with Crippen molar-refractivity contribution >= 4 is 16.7 Å². The molecule has 1 aromatic heterocycles. The Labute approximate surface area is 88.3 Å². The Morgan fingerprint density at radius 1 is 1.47 bits per heavy atom. The zero-order chi connectivity index (χ0) is 10.8. The van der Waals surface area contributed by atoms with Gasteiger partial charge in [-0.2, -0.15) is 0 Å². The smallest absolute Gasteiger partial charge is 0.159 e. The molecule has 2 aromatic rings. The monoisotopic (exact) mass is 202 g/mol. The molecule has 1 heterocycles. The van der Waals surface area contributed by atoms with Gasteiger partial charge >= 0.3 is 0 Å². The van der Waals surface area contributed by atoms with Gasteiger partial charge in [0.2, 0.25) is 0 Å². The maximum Gasteiger partial charge on any atom is 0.159 e. The second kappa shape index (κ2) is 3.87. The summed E-state index contributed by atoms with van der Waals surface area (Å²) in [6.07, 6.45) is 2.82. The molecule has 0 aliphatic rings. The SMILES string of the molecule is CC(=O)c1ccc2c(CCN)c[nH]c2c1. The van der Waals surface area contributed by atoms with E-state index in [0.29, 0.717) is 6.54 Å². The highest BCUT2D eigenvalue weighted by atomic mass is 16.1. The Hall–Kier alpha value is -1.61. The van der Waals surface area contributed by atoms with Crippen molar-refractivity contribution in [2.75, 3.05) is 6.54 Å². The summed E-state index contributed by atoms with van der Waals surface area (Å²) in [5.74, 6) is 0.0897. The number of hydrogen-bond donors (Lipinski definition) is 2. The van der Waals surface area contributed by atoms with Gasteiger partial charge in [0.25, 0.3) is 0 Å². The molecule has 0 saturated carbocycles. The number of hydrogen-bond acceptors (Lipinski definition) is 2. The van der Waals surface area contributed by atoms with Crippen molar-refractivity contribution in [3.8, 4) is 0 Å². The fraction of sp³-hybridized carbons (Fsp3) is 0.250. The number of ketones is 1. The van der Waals surface area contributed by atoms with Gasteiger partial charge in [-0.1, -0.05) is 12.1 Å². The van der Waals surface area contributed by atoms with Crippen LogP contribution in [0.3, 0.4) is 0 Å². The van der Waals surface area contributed by atoms with E-state index in [0.717, 1.165) is 22.9 Å². The lowest BCUT2D eigenvalue weighted by molar-refractivity contribution is 0.101. The van der Waals surface area contributed by atoms with Crippen molar-refractivity contribution in [2.24, 2.45) is 5.73 Å². The largest absolute Gasteiger partial charge is 0.361 e. The molecule has 3 N–H and O–H groups in total. The van der Waals surface area contributed by atoms with Crippen LogP contribution in [0.5, 0.6) is 0 Å². The molecule has 78 valence electrons. The third-order valence-electron chi connectivity index (χ3n) is 2.59. The van der Waals surface area contributed by atoms with Crippen LogP contribution >= 0.6 is 0 Å². The Bertz CT molecular complexity index is 499. The minimum absolute atomic E-state index is 0.0897. The number of aromatic nitrogens is 1. The second-order valence-corrected chi connectivity index (χ2v) is 3.67. The molecular weight excluding hydrogens is 188 g/mol. The van der Waals surface area contributed by atoms with Crippen LogP contribution in [0.2, 0.25) is 0 Å². The average molecular weight is 202 g/mol. The van der Waals surface area contributed by atoms with Gasteiger partial charge in [0.05, 0.1) is 0 Å². The molecule has 0 spiro atoms. The van der Waals surface area contributed by atoms with Crippen molar-refractivity contribution in [3.63, 3.8) is 0 Å². The minimum atomic E-state index is 0.0897. The van der Waals surface area contributed by atoms with E-state index in [1.807, 2.05) is 24.4 Å². The van der Waals surface area contributed by atoms with E-state index in [-0.39, 0.29) is 5.78 Å². The maximum atomic E-state index is 11.2. The highest BCUT2D eigenvalue weighted by molar-refractivity contribution is 5.98. The summed E-state index contributed by atoms with van der Waals surface area (Å²) >= 11 is 0. The van der Waals surface area contributed by atoms with Crippen molar-refractivity contribution in [2.45, 2.75) is 13.3 Å². The van der Waals surface area contributed by atoms with Crippen LogP contribution in [0.4, 0.5) is 0 Å². The summed E-state index contributed by atoms with van der Waals surface area (Å²) in [5.41, 5.74) is 8.48. The lowest BCUT2D eigenvalue weighted by Crippen LogP contribution is -2.01. The molecule has 0 amide bonds. The predicted molar refractivity (Wildman–Crippen MR) is 61.1 cm³/mol. The van der Waals surface area contributed by atoms with Gasteiger partial charge in [0, 0.05) is 22.7 Å². The molecule has 1 aromatic carbocycles. The van der Waals surface area contributed by atoms with Crippen LogP contribution in [0.15, 0.2) is 24.4 Å². The standard InChI is InChI=1S/C12H14N2O/c1-8(15)9-2-3-11-10(4-5-13)7-14-12(11)6-9/h2-3,6-7,14H,4-5,13H2,1H3. The zero-order valence-corrected chi connectivity index (χ0v) is 8.71. The van der Waals surface area contributed by atoms with Crippen LogP contribution in [-0.2, 0) is 6.42 Å². The van der Waals surface area contributed by atoms with Crippen molar-refractivity contribution in [1.29, 1.82) is 0 Å². The van der Waals surface area contributed by atoms with Crippen LogP contribution < -0.4 is 5.73 Å². The number of nitrogens with one attached hydrogen (secondary N) is 1. The van der Waals surface area contributed by atoms with Crippen LogP contribution in [0.1, 0.15) is 22.8 Å². The molecule has 3 heteroatoms. The van der Waals surface area contributed by atoms with E-state index in [2.05, 4.69) is 4.98 Å². The zero-order valence-electron chi connectivity index (χ0n) is 8.71. The summed E-state index contributed by atoms with van der Waals surface area (Å²) in [6.45, 7) is 2.21. The molecule has 0 saturated heterocycles. The molecule has 0 atom stereocenters. The lowest BCUT2D eigenvalue weighted by Gasteiger charge is -1.98. The Balaban J connectivity index is 2.51. The highest BCUT2D eigenvalue weighted by Crippen LogP contribution is 2.20. The summed E-state index contributed by atoms with van der Waals surface area (Å²) in [5, 5.41) is 1.16. The first-order valence-corrected chi connectivity index (χ1v) is 5.03. The molecule has 0 radical (unpaired) electrons. The van der Waals surface area contributed by atoms with Crippen molar-refractivity contribution in [1.82, 2.24) is 4.98 Å². The molecular formula is C12H14N2O. The maximum absolute atomic E-state index is 11.2. The second-order valence-electron chi connectivity index (χ2n) is 3.67. The number of nitrogens with two attached hydrogens (primary N) is 1. The molecule has 3 nitrogen and oxygen atoms in total. The van der Waals surface area contributed by atoms with Gasteiger partial charge in [-0.25, -0.2) is 0 Å². The fourth-order valence-electron chi connectivity index (χ4n) is 1.77. The molecule has 0 aliphatic carbocycles. The first-order valence-electron chi connectivity index (χ1n) is 5.03. The van der Waals surface area contributed by atoms with E-state index in [9.17, 15) is 4.79 Å². The number of fused-ring (bicyclic) bond motifs is 1. The van der Waals surface area contributed by atoms with E-state index < -0.39 is 0 Å². The molecule has 2 rings (SSSR count). The number of rotatable bonds is 3. The number of carbonyl (C=O) groups excluding carboxylic acids is 1. The number of H-pyrrole nitrogens is 1. The van der Waals surface area contributed by atoms with Gasteiger partial charge in [-0.3, -0.25) is 4.79 Å². The molecule has 0 bridgehead atoms. The van der Waals surface area contributed by atoms with Gasteiger partial charge < -0.3 is 10.7 Å². The normalized spacial score (nSPS) is 10.8. The summed E-state index contributed by atoms with van der Waals surface area (Å²) in [7, 11) is 0. The third-order valence-corrected chi connectivity index (χ3v) is 2.59. The summed E-state index contributed by atoms with van der Waals surface area (Å²) < 4.78 is 0. The van der Waals surface area contributed by atoms with Gasteiger partial charge in [-0.15, -0.1) is 0 Å². The van der Waals surface area contributed by atoms with Gasteiger partial charge in [-0.05, 0) is 31.5 Å². The van der Waals surface area contributed by atoms with Gasteiger partial charge in [0.1, 0.15) is 0 Å². The van der Waals surface area contributed by atoms with Crippen molar-refractivity contribution < 1.29 is 4.79 Å². The Morgan fingerprint density at radius 2 is 2.27 bits per heavy atom. The highest BCUT2D eigenvalue weighted by Gasteiger charge is 2.05. The first kappa shape index (κ1) is 9.93. The number of Topliss-reactive ketones (excluding diaryl/α,β-unsaturated/α-hetero) is 1. The van der Waals surface area contributed by atoms with E-state index >= 15 is 0 Å². The molecule has 0 aliphatic heterocycles. The minimum Gasteiger partial charge on any atom is -0.361 e. The van der Waals surface area contributed by atoms with Crippen molar-refractivity contribution in [3.05, 3.63) is 35.5 Å². The molecule has 15 heavy (non-hydrogen) atoms. The average Bonchev–Trinajstić information content (AvgIpc) is 2.61. The summed E-state index contributed by atoms with van der Waals surface area (Å²) in [6, 6.07) is 5.73. The molecule has 0 unspecified atom stereocenters. The predicted octanol–water partition coefficient (Wildman–Crippen LogP) is 1.87. The fourth-order valence-corrected chi connectivity index (χ4v) is 1.77. The van der Waals surface area contributed by atoms with E-state index in [1.54, 1.807) is 6.92 Å². The number of benzene rings is 1. The van der Waals surface area contributed by atoms with E-state index in [4.69, 9.17) is 5.73 Å². The van der Waals surface area contributed by atoms with E-state index in [1.165, 1.54) is 5.56 Å². The first-order chi connectivity index (χ1) is 7.22. The van der Waals surface area contributed by atoms with Gasteiger partial charge in [0.15, 0.2) is 5.78 Å². The Kier molecular flexibility index (Phi) is 2.56. The summed E-state index contributed by atoms with van der Waals surface area (Å²) in [4.78, 5) is 14.3. The van der Waals surface area contributed by atoms with Crippen LogP contribution in [-0.4, -0.2) is 17.3 Å². The van der Waals surface area contributed by atoms with Crippen LogP contribution in [0.25, 0.3) is 10.9 Å². The van der Waals surface area contributed by atoms with Crippen LogP contribution in [0, 0.1) is 0 Å². The quantitative estimate of drug-likeness (QED) is 0.746. The topological polar surface area (TPSA) is 58.9 Å².